The van der Waals surface area contributed by atoms with Crippen LogP contribution >= 0.6 is 0 Å². The maximum Gasteiger partial charge on any atom is 0.318 e. The predicted octanol–water partition coefficient (Wildman–Crippen LogP) is 4.55. The van der Waals surface area contributed by atoms with E-state index in [1.165, 1.54) is 0 Å². The Morgan fingerprint density at radius 3 is 2.72 bits per heavy atom. The quantitative estimate of drug-likeness (QED) is 0.448. The van der Waals surface area contributed by atoms with Crippen molar-refractivity contribution < 1.29 is 9.53 Å². The van der Waals surface area contributed by atoms with E-state index < -0.39 is 0 Å². The minimum Gasteiger partial charge on any atom is -0.463 e. The molecule has 202 valence electrons. The molecule has 3 aliphatic rings. The molecule has 0 N–H and O–H groups in total. The Kier molecular flexibility index (Phi) is 6.64. The lowest BCUT2D eigenvalue weighted by Gasteiger charge is -2.32. The zero-order valence-electron chi connectivity index (χ0n) is 23.1. The molecule has 8 nitrogen and oxygen atoms in total. The van der Waals surface area contributed by atoms with Crippen molar-refractivity contribution in [3.05, 3.63) is 58.8 Å². The van der Waals surface area contributed by atoms with Crippen LogP contribution in [0.2, 0.25) is 0 Å². The number of nitrogens with zero attached hydrogens (tertiary/aromatic N) is 6. The second-order valence-electron chi connectivity index (χ2n) is 11.8. The molecule has 3 aromatic rings. The van der Waals surface area contributed by atoms with Crippen LogP contribution in [0.15, 0.2) is 36.4 Å². The monoisotopic (exact) mass is 524 g/mol. The number of hydrogen-bond acceptors (Lipinski definition) is 7. The summed E-state index contributed by atoms with van der Waals surface area (Å²) in [4.78, 5) is 29.9. The molecule has 39 heavy (non-hydrogen) atoms. The van der Waals surface area contributed by atoms with E-state index in [1.54, 1.807) is 0 Å². The summed E-state index contributed by atoms with van der Waals surface area (Å²) in [5.74, 6) is 0.788. The Bertz CT molecular complexity index is 1450. The van der Waals surface area contributed by atoms with Gasteiger partial charge in [0, 0.05) is 36.2 Å². The number of ether oxygens (including phenoxy) is 1. The molecule has 1 aromatic heterocycles. The van der Waals surface area contributed by atoms with E-state index >= 15 is 0 Å². The van der Waals surface area contributed by atoms with Crippen LogP contribution in [-0.4, -0.2) is 66.0 Å². The van der Waals surface area contributed by atoms with Crippen molar-refractivity contribution in [3.8, 4) is 12.1 Å². The number of carbonyl (C=O) groups is 1. The zero-order valence-corrected chi connectivity index (χ0v) is 23.1. The lowest BCUT2D eigenvalue weighted by molar-refractivity contribution is 0.0752. The summed E-state index contributed by atoms with van der Waals surface area (Å²) in [6.07, 6.45) is 4.14. The van der Waals surface area contributed by atoms with Crippen LogP contribution in [-0.2, 0) is 13.1 Å². The van der Waals surface area contributed by atoms with Crippen molar-refractivity contribution in [1.82, 2.24) is 19.8 Å². The second-order valence-corrected chi connectivity index (χ2v) is 11.8. The Balaban J connectivity index is 1.31. The Morgan fingerprint density at radius 1 is 1.18 bits per heavy atom. The summed E-state index contributed by atoms with van der Waals surface area (Å²) in [5.41, 5.74) is 3.79. The third-order valence-electron chi connectivity index (χ3n) is 8.39. The van der Waals surface area contributed by atoms with Crippen molar-refractivity contribution in [2.24, 2.45) is 11.3 Å². The van der Waals surface area contributed by atoms with Gasteiger partial charge in [-0.2, -0.15) is 15.2 Å². The molecule has 1 saturated carbocycles. The molecule has 2 fully saturated rings. The number of anilines is 1. The standard InChI is InChI=1S/C31H36N6O2/c1-21-7-4-9-23-10-5-11-24(27(21)23)29(38)37-17-25-26(18-37)33-30(39-20-31(12-13-31)19-35(2)3)34-28(25)36-14-6-8-22(15-32)16-36/h4-5,7,9-11,22H,6,8,12-14,16-20H2,1-3H3. The van der Waals surface area contributed by atoms with E-state index in [4.69, 9.17) is 14.7 Å². The van der Waals surface area contributed by atoms with Gasteiger partial charge in [0.2, 0.25) is 0 Å². The Morgan fingerprint density at radius 2 is 1.97 bits per heavy atom. The molecule has 6 rings (SSSR count). The SMILES string of the molecule is Cc1cccc2cccc(C(=O)N3Cc4nc(OCC5(CN(C)C)CC5)nc(N5CCCC(C#N)C5)c4C3)c12. The molecule has 0 bridgehead atoms. The highest BCUT2D eigenvalue weighted by Gasteiger charge is 2.44. The van der Waals surface area contributed by atoms with Crippen LogP contribution in [0.3, 0.4) is 0 Å². The van der Waals surface area contributed by atoms with Crippen LogP contribution in [0.1, 0.15) is 52.9 Å². The minimum absolute atomic E-state index is 0.00206. The molecule has 1 atom stereocenters. The van der Waals surface area contributed by atoms with Gasteiger partial charge in [0.1, 0.15) is 5.82 Å². The van der Waals surface area contributed by atoms with Gasteiger partial charge in [0.25, 0.3) is 5.91 Å². The Labute approximate surface area is 230 Å². The number of rotatable bonds is 7. The fourth-order valence-corrected chi connectivity index (χ4v) is 6.25. The number of aryl methyl sites for hydroxylation is 1. The minimum atomic E-state index is -0.0265. The summed E-state index contributed by atoms with van der Waals surface area (Å²) in [7, 11) is 4.18. The first kappa shape index (κ1) is 25.6. The number of nitriles is 1. The lowest BCUT2D eigenvalue weighted by Crippen LogP contribution is -2.36. The van der Waals surface area contributed by atoms with Gasteiger partial charge >= 0.3 is 6.01 Å². The molecule has 3 heterocycles. The maximum absolute atomic E-state index is 13.9. The van der Waals surface area contributed by atoms with Gasteiger partial charge in [-0.3, -0.25) is 4.79 Å². The van der Waals surface area contributed by atoms with Gasteiger partial charge < -0.3 is 19.4 Å². The van der Waals surface area contributed by atoms with Crippen molar-refractivity contribution in [2.75, 3.05) is 45.2 Å². The first-order valence-electron chi connectivity index (χ1n) is 14.0. The van der Waals surface area contributed by atoms with Crippen molar-refractivity contribution in [1.29, 1.82) is 5.26 Å². The summed E-state index contributed by atoms with van der Waals surface area (Å²) < 4.78 is 6.25. The third kappa shape index (κ3) is 5.04. The highest BCUT2D eigenvalue weighted by Crippen LogP contribution is 2.46. The molecule has 0 spiro atoms. The highest BCUT2D eigenvalue weighted by atomic mass is 16.5. The number of benzene rings is 2. The summed E-state index contributed by atoms with van der Waals surface area (Å²) in [5, 5.41) is 11.7. The molecule has 1 saturated heterocycles. The van der Waals surface area contributed by atoms with Gasteiger partial charge in [-0.15, -0.1) is 0 Å². The number of hydrogen-bond donors (Lipinski definition) is 0. The largest absolute Gasteiger partial charge is 0.463 e. The summed E-state index contributed by atoms with van der Waals surface area (Å²) in [6.45, 7) is 5.96. The van der Waals surface area contributed by atoms with E-state index in [2.05, 4.69) is 55.1 Å². The molecule has 2 aliphatic heterocycles. The van der Waals surface area contributed by atoms with Crippen molar-refractivity contribution >= 4 is 22.5 Å². The van der Waals surface area contributed by atoms with E-state index in [9.17, 15) is 10.1 Å². The van der Waals surface area contributed by atoms with Crippen molar-refractivity contribution in [2.45, 2.75) is 45.7 Å². The van der Waals surface area contributed by atoms with E-state index in [-0.39, 0.29) is 17.2 Å². The normalized spacial score (nSPS) is 19.7. The average Bonchev–Trinajstić information content (AvgIpc) is 3.56. The first-order chi connectivity index (χ1) is 18.9. The van der Waals surface area contributed by atoms with E-state index in [0.29, 0.717) is 37.8 Å². The smallest absolute Gasteiger partial charge is 0.318 e. The zero-order chi connectivity index (χ0) is 27.1. The van der Waals surface area contributed by atoms with Crippen LogP contribution < -0.4 is 9.64 Å². The molecule has 1 amide bonds. The van der Waals surface area contributed by atoms with Crippen LogP contribution in [0.4, 0.5) is 5.82 Å². The van der Waals surface area contributed by atoms with E-state index in [1.807, 2.05) is 23.1 Å². The van der Waals surface area contributed by atoms with Crippen LogP contribution in [0, 0.1) is 29.6 Å². The van der Waals surface area contributed by atoms with Gasteiger partial charge in [-0.1, -0.05) is 30.3 Å². The Hall–Kier alpha value is -3.70. The van der Waals surface area contributed by atoms with Crippen molar-refractivity contribution in [3.63, 3.8) is 0 Å². The summed E-state index contributed by atoms with van der Waals surface area (Å²) in [6, 6.07) is 14.9. The average molecular weight is 525 g/mol. The topological polar surface area (TPSA) is 85.6 Å². The maximum atomic E-state index is 13.9. The third-order valence-corrected chi connectivity index (χ3v) is 8.39. The van der Waals surface area contributed by atoms with Crippen LogP contribution in [0.5, 0.6) is 6.01 Å². The second kappa shape index (κ2) is 10.1. The fourth-order valence-electron chi connectivity index (χ4n) is 6.25. The fraction of sp³-hybridized carbons (Fsp3) is 0.484. The number of carbonyl (C=O) groups excluding carboxylic acids is 1. The molecule has 1 unspecified atom stereocenters. The van der Waals surface area contributed by atoms with Gasteiger partial charge in [0.05, 0.1) is 37.4 Å². The predicted molar refractivity (Wildman–Crippen MR) is 151 cm³/mol. The molecule has 2 aromatic carbocycles. The van der Waals surface area contributed by atoms with Gasteiger partial charge in [-0.05, 0) is 69.1 Å². The lowest BCUT2D eigenvalue weighted by atomic mass is 9.99. The first-order valence-corrected chi connectivity index (χ1v) is 14.0. The number of piperidine rings is 1. The molecule has 0 radical (unpaired) electrons. The van der Waals surface area contributed by atoms with Crippen LogP contribution in [0.25, 0.3) is 10.8 Å². The van der Waals surface area contributed by atoms with Gasteiger partial charge in [-0.25, -0.2) is 0 Å². The molecule has 1 aliphatic carbocycles. The van der Waals surface area contributed by atoms with E-state index in [0.717, 1.165) is 72.2 Å². The molecular formula is C31H36N6O2. The number of aromatic nitrogens is 2. The highest BCUT2D eigenvalue weighted by molar-refractivity contribution is 6.08. The number of fused-ring (bicyclic) bond motifs is 2. The van der Waals surface area contributed by atoms with Gasteiger partial charge in [0.15, 0.2) is 0 Å². The molecular weight excluding hydrogens is 488 g/mol. The molecule has 8 heteroatoms. The summed E-state index contributed by atoms with van der Waals surface area (Å²) >= 11 is 0. The number of amides is 1.